The van der Waals surface area contributed by atoms with Crippen LogP contribution in [0.3, 0.4) is 0 Å². The highest BCUT2D eigenvalue weighted by Gasteiger charge is 2.31. The molecule has 0 amide bonds. The van der Waals surface area contributed by atoms with E-state index in [1.54, 1.807) is 6.92 Å². The van der Waals surface area contributed by atoms with Gasteiger partial charge in [-0.25, -0.2) is 0 Å². The molecule has 0 heterocycles. The second-order valence-electron chi connectivity index (χ2n) is 9.07. The molecule has 0 N–H and O–H groups in total. The minimum Gasteiger partial charge on any atom is -0.295 e. The molecule has 1 nitrogen and oxygen atoms in total. The van der Waals surface area contributed by atoms with Gasteiger partial charge in [-0.1, -0.05) is 69.7 Å². The Morgan fingerprint density at radius 3 is 1.96 bits per heavy atom. The number of hydrogen-bond acceptors (Lipinski definition) is 1. The van der Waals surface area contributed by atoms with E-state index in [2.05, 4.69) is 19.1 Å². The second-order valence-corrected chi connectivity index (χ2v) is 9.07. The van der Waals surface area contributed by atoms with Crippen molar-refractivity contribution in [2.24, 2.45) is 17.8 Å². The second kappa shape index (κ2) is 9.72. The maximum Gasteiger partial charge on any atom is 0.159 e. The standard InChI is InChI=1S/C25H38O/c1-3-4-5-6-20-7-9-22(10-8-20)24-15-17-25(18-16-24)23-13-11-21(12-14-23)19(2)26/h11-14,20,22,24-25H,3-10,15-18H2,1-2H3/t20-,22-,24?,25?. The van der Waals surface area contributed by atoms with Gasteiger partial charge in [-0.2, -0.15) is 0 Å². The van der Waals surface area contributed by atoms with Crippen LogP contribution in [0.15, 0.2) is 24.3 Å². The minimum absolute atomic E-state index is 0.172. The molecule has 0 aliphatic heterocycles. The highest BCUT2D eigenvalue weighted by atomic mass is 16.1. The van der Waals surface area contributed by atoms with Crippen molar-refractivity contribution in [1.29, 1.82) is 0 Å². The molecule has 2 saturated carbocycles. The molecule has 2 aliphatic carbocycles. The van der Waals surface area contributed by atoms with E-state index in [4.69, 9.17) is 0 Å². The van der Waals surface area contributed by atoms with Gasteiger partial charge in [0.05, 0.1) is 0 Å². The Bertz CT molecular complexity index is 542. The molecule has 2 fully saturated rings. The van der Waals surface area contributed by atoms with Gasteiger partial charge in [-0.3, -0.25) is 4.79 Å². The molecule has 1 aromatic carbocycles. The Kier molecular flexibility index (Phi) is 7.34. The molecule has 0 aromatic heterocycles. The fraction of sp³-hybridized carbons (Fsp3) is 0.720. The maximum absolute atomic E-state index is 11.4. The summed E-state index contributed by atoms with van der Waals surface area (Å²) in [5, 5.41) is 0. The van der Waals surface area contributed by atoms with Crippen LogP contribution in [0.5, 0.6) is 0 Å². The van der Waals surface area contributed by atoms with Crippen molar-refractivity contribution in [3.8, 4) is 0 Å². The first-order valence-electron chi connectivity index (χ1n) is 11.3. The van der Waals surface area contributed by atoms with Gasteiger partial charge < -0.3 is 0 Å². The van der Waals surface area contributed by atoms with Crippen LogP contribution in [0.4, 0.5) is 0 Å². The third kappa shape index (κ3) is 5.21. The first-order chi connectivity index (χ1) is 12.7. The highest BCUT2D eigenvalue weighted by molar-refractivity contribution is 5.94. The number of Topliss-reactive ketones (excluding diaryl/α,β-unsaturated/α-hetero) is 1. The fourth-order valence-corrected chi connectivity index (χ4v) is 5.55. The van der Waals surface area contributed by atoms with E-state index in [1.165, 1.54) is 82.6 Å². The van der Waals surface area contributed by atoms with Gasteiger partial charge in [0.25, 0.3) is 0 Å². The Morgan fingerprint density at radius 2 is 1.42 bits per heavy atom. The quantitative estimate of drug-likeness (QED) is 0.365. The topological polar surface area (TPSA) is 17.1 Å². The van der Waals surface area contributed by atoms with E-state index in [0.717, 1.165) is 29.2 Å². The molecule has 0 saturated heterocycles. The molecule has 0 atom stereocenters. The number of ketones is 1. The average molecular weight is 355 g/mol. The molecule has 3 rings (SSSR count). The lowest BCUT2D eigenvalue weighted by Gasteiger charge is -2.38. The van der Waals surface area contributed by atoms with Gasteiger partial charge in [0.1, 0.15) is 0 Å². The van der Waals surface area contributed by atoms with Gasteiger partial charge in [-0.15, -0.1) is 0 Å². The van der Waals surface area contributed by atoms with Crippen LogP contribution >= 0.6 is 0 Å². The van der Waals surface area contributed by atoms with Crippen LogP contribution in [0.25, 0.3) is 0 Å². The molecule has 1 heteroatoms. The summed E-state index contributed by atoms with van der Waals surface area (Å²) in [7, 11) is 0. The van der Waals surface area contributed by atoms with Crippen molar-refractivity contribution < 1.29 is 4.79 Å². The molecular weight excluding hydrogens is 316 g/mol. The van der Waals surface area contributed by atoms with Crippen molar-refractivity contribution >= 4 is 5.78 Å². The maximum atomic E-state index is 11.4. The largest absolute Gasteiger partial charge is 0.295 e. The molecule has 144 valence electrons. The number of carbonyl (C=O) groups excluding carboxylic acids is 1. The van der Waals surface area contributed by atoms with Crippen LogP contribution in [0.1, 0.15) is 113 Å². The predicted molar refractivity (Wildman–Crippen MR) is 111 cm³/mol. The fourth-order valence-electron chi connectivity index (χ4n) is 5.55. The Morgan fingerprint density at radius 1 is 0.846 bits per heavy atom. The average Bonchev–Trinajstić information content (AvgIpc) is 2.69. The van der Waals surface area contributed by atoms with E-state index in [1.807, 2.05) is 12.1 Å². The van der Waals surface area contributed by atoms with Gasteiger partial charge in [0.2, 0.25) is 0 Å². The van der Waals surface area contributed by atoms with E-state index in [9.17, 15) is 4.79 Å². The van der Waals surface area contributed by atoms with Crippen molar-refractivity contribution in [3.63, 3.8) is 0 Å². The summed E-state index contributed by atoms with van der Waals surface area (Å²) in [5.41, 5.74) is 2.30. The summed E-state index contributed by atoms with van der Waals surface area (Å²) < 4.78 is 0. The zero-order valence-corrected chi connectivity index (χ0v) is 17.0. The summed E-state index contributed by atoms with van der Waals surface area (Å²) >= 11 is 0. The Labute approximate surface area is 161 Å². The predicted octanol–water partition coefficient (Wildman–Crippen LogP) is 7.55. The van der Waals surface area contributed by atoms with Gasteiger partial charge in [0, 0.05) is 5.56 Å². The SMILES string of the molecule is CCCCC[C@H]1CC[C@H](C2CCC(c3ccc(C(C)=O)cc3)CC2)CC1. The zero-order chi connectivity index (χ0) is 18.4. The van der Waals surface area contributed by atoms with Crippen LogP contribution in [0, 0.1) is 17.8 Å². The summed E-state index contributed by atoms with van der Waals surface area (Å²) in [6, 6.07) is 8.43. The summed E-state index contributed by atoms with van der Waals surface area (Å²) in [6.45, 7) is 3.96. The summed E-state index contributed by atoms with van der Waals surface area (Å²) in [6.07, 6.45) is 17.3. The van der Waals surface area contributed by atoms with Crippen molar-refractivity contribution in [2.75, 3.05) is 0 Å². The smallest absolute Gasteiger partial charge is 0.159 e. The first-order valence-corrected chi connectivity index (χ1v) is 11.3. The lowest BCUT2D eigenvalue weighted by Crippen LogP contribution is -2.25. The number of rotatable bonds is 7. The van der Waals surface area contributed by atoms with E-state index < -0.39 is 0 Å². The molecular formula is C25H38O. The van der Waals surface area contributed by atoms with Crippen LogP contribution in [0.2, 0.25) is 0 Å². The third-order valence-electron chi connectivity index (χ3n) is 7.33. The van der Waals surface area contributed by atoms with Gasteiger partial charge in [0.15, 0.2) is 5.78 Å². The van der Waals surface area contributed by atoms with Crippen LogP contribution < -0.4 is 0 Å². The Balaban J connectivity index is 1.42. The summed E-state index contributed by atoms with van der Waals surface area (Å²) in [4.78, 5) is 11.4. The Hall–Kier alpha value is -1.11. The molecule has 0 spiro atoms. The lowest BCUT2D eigenvalue weighted by atomic mass is 9.68. The van der Waals surface area contributed by atoms with Gasteiger partial charge >= 0.3 is 0 Å². The highest BCUT2D eigenvalue weighted by Crippen LogP contribution is 2.44. The van der Waals surface area contributed by atoms with Gasteiger partial charge in [-0.05, 0) is 74.7 Å². The molecule has 1 aromatic rings. The molecule has 26 heavy (non-hydrogen) atoms. The van der Waals surface area contributed by atoms with E-state index >= 15 is 0 Å². The van der Waals surface area contributed by atoms with Crippen molar-refractivity contribution in [1.82, 2.24) is 0 Å². The molecule has 2 aliphatic rings. The van der Waals surface area contributed by atoms with E-state index in [0.29, 0.717) is 0 Å². The molecule has 0 bridgehead atoms. The number of carbonyl (C=O) groups is 1. The number of hydrogen-bond donors (Lipinski definition) is 0. The minimum atomic E-state index is 0.172. The monoisotopic (exact) mass is 354 g/mol. The lowest BCUT2D eigenvalue weighted by molar-refractivity contribution is 0.101. The van der Waals surface area contributed by atoms with Crippen molar-refractivity contribution in [3.05, 3.63) is 35.4 Å². The van der Waals surface area contributed by atoms with Crippen LogP contribution in [-0.2, 0) is 0 Å². The van der Waals surface area contributed by atoms with Crippen molar-refractivity contribution in [2.45, 2.75) is 96.8 Å². The number of unbranched alkanes of at least 4 members (excludes halogenated alkanes) is 2. The molecule has 0 unspecified atom stereocenters. The first kappa shape index (κ1) is 19.6. The van der Waals surface area contributed by atoms with Crippen LogP contribution in [-0.4, -0.2) is 5.78 Å². The molecule has 0 radical (unpaired) electrons. The van der Waals surface area contributed by atoms with E-state index in [-0.39, 0.29) is 5.78 Å². The number of benzene rings is 1. The summed E-state index contributed by atoms with van der Waals surface area (Å²) in [5.74, 6) is 3.93. The zero-order valence-electron chi connectivity index (χ0n) is 17.0. The third-order valence-corrected chi connectivity index (χ3v) is 7.33. The normalized spacial score (nSPS) is 29.5.